The summed E-state index contributed by atoms with van der Waals surface area (Å²) in [6, 6.07) is 59.3. The van der Waals surface area contributed by atoms with Crippen molar-refractivity contribution in [2.75, 3.05) is 0 Å². The van der Waals surface area contributed by atoms with Crippen LogP contribution in [0.1, 0.15) is 0 Å². The third kappa shape index (κ3) is 3.79. The van der Waals surface area contributed by atoms with Gasteiger partial charge in [0.15, 0.2) is 5.82 Å². The van der Waals surface area contributed by atoms with Gasteiger partial charge in [0.25, 0.3) is 0 Å². The van der Waals surface area contributed by atoms with E-state index in [9.17, 15) is 0 Å². The molecule has 0 aliphatic heterocycles. The summed E-state index contributed by atoms with van der Waals surface area (Å²) in [4.78, 5) is 12.0. The van der Waals surface area contributed by atoms with Gasteiger partial charge in [0.2, 0.25) is 0 Å². The Morgan fingerprint density at radius 3 is 2.08 bits per heavy atom. The minimum Gasteiger partial charge on any atom is -0.308 e. The van der Waals surface area contributed by atoms with Crippen LogP contribution in [0.25, 0.3) is 114 Å². The molecule has 0 amide bonds. The standard InChI is InChI=1S/C48H27N3S/c1-2-16-32-28(11-1)12-8-19-33(32)30-14-7-15-31(27-30)45-44-36-18-4-6-24-41(36)52-48(44)50-47(49-45)38-21-10-23-40-43(38)37-26-25-29-13-9-20-35-34-17-3-5-22-39(34)51(40)46(37)42(29)35/h1-27H. The van der Waals surface area contributed by atoms with E-state index in [-0.39, 0.29) is 0 Å². The van der Waals surface area contributed by atoms with E-state index in [1.54, 1.807) is 11.3 Å². The van der Waals surface area contributed by atoms with Crippen molar-refractivity contribution in [3.8, 4) is 33.8 Å². The van der Waals surface area contributed by atoms with Gasteiger partial charge in [-0.1, -0.05) is 140 Å². The van der Waals surface area contributed by atoms with Crippen LogP contribution in [0.3, 0.4) is 0 Å². The van der Waals surface area contributed by atoms with Gasteiger partial charge < -0.3 is 4.40 Å². The Labute approximate surface area is 302 Å². The highest BCUT2D eigenvalue weighted by atomic mass is 32.1. The largest absolute Gasteiger partial charge is 0.308 e. The predicted octanol–water partition coefficient (Wildman–Crippen LogP) is 13.3. The Bertz CT molecular complexity index is 3400. The first kappa shape index (κ1) is 28.1. The molecule has 4 heterocycles. The minimum atomic E-state index is 0.746. The summed E-state index contributed by atoms with van der Waals surface area (Å²) in [6.07, 6.45) is 0. The van der Waals surface area contributed by atoms with E-state index in [0.29, 0.717) is 0 Å². The first-order valence-electron chi connectivity index (χ1n) is 17.7. The third-order valence-electron chi connectivity index (χ3n) is 10.9. The van der Waals surface area contributed by atoms with Gasteiger partial charge in [-0.2, -0.15) is 0 Å². The molecular formula is C48H27N3S. The van der Waals surface area contributed by atoms with Gasteiger partial charge in [-0.15, -0.1) is 11.3 Å². The summed E-state index contributed by atoms with van der Waals surface area (Å²) in [7, 11) is 0. The van der Waals surface area contributed by atoms with Crippen molar-refractivity contribution in [2.45, 2.75) is 0 Å². The van der Waals surface area contributed by atoms with Crippen molar-refractivity contribution in [3.63, 3.8) is 0 Å². The number of fused-ring (bicyclic) bond motifs is 10. The van der Waals surface area contributed by atoms with Gasteiger partial charge in [0, 0.05) is 48.1 Å². The van der Waals surface area contributed by atoms with E-state index in [0.717, 1.165) is 32.9 Å². The lowest BCUT2D eigenvalue weighted by atomic mass is 9.95. The Morgan fingerprint density at radius 1 is 0.423 bits per heavy atom. The number of aromatic nitrogens is 3. The first-order valence-corrected chi connectivity index (χ1v) is 18.5. The lowest BCUT2D eigenvalue weighted by Gasteiger charge is -2.12. The average Bonchev–Trinajstić information content (AvgIpc) is 3.76. The average molecular weight is 678 g/mol. The molecule has 240 valence electrons. The highest BCUT2D eigenvalue weighted by Gasteiger charge is 2.23. The predicted molar refractivity (Wildman–Crippen MR) is 221 cm³/mol. The van der Waals surface area contributed by atoms with Crippen LogP contribution in [0.5, 0.6) is 0 Å². The fourth-order valence-electron chi connectivity index (χ4n) is 8.75. The van der Waals surface area contributed by atoms with Crippen LogP contribution in [0.4, 0.5) is 0 Å². The van der Waals surface area contributed by atoms with Gasteiger partial charge in [0.1, 0.15) is 4.83 Å². The summed E-state index contributed by atoms with van der Waals surface area (Å²) in [5.74, 6) is 0.746. The molecule has 0 fully saturated rings. The molecule has 3 nitrogen and oxygen atoms in total. The van der Waals surface area contributed by atoms with Crippen LogP contribution in [0, 0.1) is 0 Å². The molecule has 0 spiro atoms. The highest BCUT2D eigenvalue weighted by Crippen LogP contribution is 2.45. The zero-order valence-corrected chi connectivity index (χ0v) is 28.7. The van der Waals surface area contributed by atoms with Crippen molar-refractivity contribution in [3.05, 3.63) is 164 Å². The van der Waals surface area contributed by atoms with Crippen molar-refractivity contribution >= 4 is 91.3 Å². The van der Waals surface area contributed by atoms with Crippen molar-refractivity contribution in [1.82, 2.24) is 14.4 Å². The Balaban J connectivity index is 1.18. The van der Waals surface area contributed by atoms with E-state index in [1.165, 1.54) is 80.9 Å². The van der Waals surface area contributed by atoms with Crippen LogP contribution in [0.15, 0.2) is 164 Å². The Hall–Kier alpha value is -6.62. The normalized spacial score (nSPS) is 12.2. The molecule has 52 heavy (non-hydrogen) atoms. The molecule has 4 aromatic heterocycles. The summed E-state index contributed by atoms with van der Waals surface area (Å²) in [5.41, 5.74) is 9.10. The first-order chi connectivity index (χ1) is 25.8. The summed E-state index contributed by atoms with van der Waals surface area (Å²) >= 11 is 1.75. The second-order valence-corrected chi connectivity index (χ2v) is 14.7. The Kier molecular flexibility index (Phi) is 5.65. The number of rotatable bonds is 3. The molecule has 0 aliphatic carbocycles. The molecular weight excluding hydrogens is 651 g/mol. The smallest absolute Gasteiger partial charge is 0.162 e. The fraction of sp³-hybridized carbons (Fsp3) is 0. The number of para-hydroxylation sites is 1. The van der Waals surface area contributed by atoms with Crippen molar-refractivity contribution < 1.29 is 0 Å². The molecule has 0 unspecified atom stereocenters. The van der Waals surface area contributed by atoms with E-state index in [1.807, 2.05) is 0 Å². The maximum absolute atomic E-state index is 5.56. The van der Waals surface area contributed by atoms with Gasteiger partial charge in [-0.05, 0) is 56.9 Å². The van der Waals surface area contributed by atoms with Gasteiger partial charge >= 0.3 is 0 Å². The van der Waals surface area contributed by atoms with Crippen LogP contribution in [-0.4, -0.2) is 14.4 Å². The van der Waals surface area contributed by atoms with Gasteiger partial charge in [-0.3, -0.25) is 0 Å². The highest BCUT2D eigenvalue weighted by molar-refractivity contribution is 7.25. The van der Waals surface area contributed by atoms with Crippen molar-refractivity contribution in [1.29, 1.82) is 0 Å². The molecule has 12 aromatic rings. The second kappa shape index (κ2) is 10.5. The molecule has 8 aromatic carbocycles. The number of hydrogen-bond acceptors (Lipinski definition) is 3. The third-order valence-corrected chi connectivity index (χ3v) is 12.0. The van der Waals surface area contributed by atoms with Crippen LogP contribution in [0.2, 0.25) is 0 Å². The number of thiophene rings is 1. The molecule has 0 radical (unpaired) electrons. The molecule has 0 atom stereocenters. The van der Waals surface area contributed by atoms with Crippen molar-refractivity contribution in [2.24, 2.45) is 0 Å². The van der Waals surface area contributed by atoms with E-state index < -0.39 is 0 Å². The zero-order chi connectivity index (χ0) is 33.9. The molecule has 0 aliphatic rings. The molecule has 0 saturated carbocycles. The number of pyridine rings is 1. The number of hydrogen-bond donors (Lipinski definition) is 0. The lowest BCUT2D eigenvalue weighted by Crippen LogP contribution is -1.95. The molecule has 0 N–H and O–H groups in total. The van der Waals surface area contributed by atoms with Crippen LogP contribution < -0.4 is 0 Å². The Morgan fingerprint density at radius 2 is 1.12 bits per heavy atom. The molecule has 0 saturated heterocycles. The zero-order valence-electron chi connectivity index (χ0n) is 27.8. The monoisotopic (exact) mass is 677 g/mol. The molecule has 4 heteroatoms. The van der Waals surface area contributed by atoms with Crippen LogP contribution in [-0.2, 0) is 0 Å². The topological polar surface area (TPSA) is 30.2 Å². The minimum absolute atomic E-state index is 0.746. The number of benzene rings is 8. The summed E-state index contributed by atoms with van der Waals surface area (Å²) in [5, 5.41) is 12.3. The lowest BCUT2D eigenvalue weighted by molar-refractivity contribution is 1.25. The summed E-state index contributed by atoms with van der Waals surface area (Å²) in [6.45, 7) is 0. The quantitative estimate of drug-likeness (QED) is 0.138. The van der Waals surface area contributed by atoms with E-state index in [4.69, 9.17) is 9.97 Å². The fourth-order valence-corrected chi connectivity index (χ4v) is 9.82. The molecule has 12 rings (SSSR count). The SMILES string of the molecule is c1cc(-c2cccc3ccccc23)cc(-c2nc(-c3cccc4c3c3ccc5cccc6c7ccccc7n4c3c56)nc3sc4ccccc4c23)c1. The maximum atomic E-state index is 5.56. The second-order valence-electron chi connectivity index (χ2n) is 13.7. The number of nitrogens with zero attached hydrogens (tertiary/aromatic N) is 3. The van der Waals surface area contributed by atoms with Crippen LogP contribution >= 0.6 is 11.3 Å². The molecule has 0 bridgehead atoms. The van der Waals surface area contributed by atoms with E-state index in [2.05, 4.69) is 168 Å². The van der Waals surface area contributed by atoms with Gasteiger partial charge in [0.05, 0.1) is 22.2 Å². The van der Waals surface area contributed by atoms with E-state index >= 15 is 0 Å². The summed E-state index contributed by atoms with van der Waals surface area (Å²) < 4.78 is 3.68. The maximum Gasteiger partial charge on any atom is 0.162 e. The van der Waals surface area contributed by atoms with Gasteiger partial charge in [-0.25, -0.2) is 9.97 Å².